The average Bonchev–Trinajstić information content (AvgIpc) is 2.42. The third-order valence-electron chi connectivity index (χ3n) is 3.39. The quantitative estimate of drug-likeness (QED) is 0.739. The van der Waals surface area contributed by atoms with Gasteiger partial charge in [0.1, 0.15) is 5.75 Å². The van der Waals surface area contributed by atoms with Crippen molar-refractivity contribution in [2.45, 2.75) is 25.0 Å². The van der Waals surface area contributed by atoms with Crippen LogP contribution in [-0.4, -0.2) is 15.3 Å². The molecule has 1 atom stereocenters. The van der Waals surface area contributed by atoms with Crippen molar-refractivity contribution < 1.29 is 15.3 Å². The molecule has 1 unspecified atom stereocenters. The van der Waals surface area contributed by atoms with Gasteiger partial charge in [0.2, 0.25) is 0 Å². The molecule has 0 aliphatic rings. The van der Waals surface area contributed by atoms with E-state index in [1.807, 2.05) is 13.0 Å². The van der Waals surface area contributed by atoms with Crippen LogP contribution in [0.15, 0.2) is 54.6 Å². The number of phenols is 1. The highest BCUT2D eigenvalue weighted by Gasteiger charge is 2.36. The van der Waals surface area contributed by atoms with Crippen LogP contribution in [-0.2, 0) is 5.79 Å². The lowest BCUT2D eigenvalue weighted by molar-refractivity contribution is -0.189. The molecule has 3 N–H and O–H groups in total. The van der Waals surface area contributed by atoms with E-state index >= 15 is 0 Å². The summed E-state index contributed by atoms with van der Waals surface area (Å²) >= 11 is 0. The van der Waals surface area contributed by atoms with E-state index in [2.05, 4.69) is 0 Å². The molecule has 0 fully saturated rings. The second-order valence-electron chi connectivity index (χ2n) is 4.64. The fourth-order valence-corrected chi connectivity index (χ4v) is 2.34. The summed E-state index contributed by atoms with van der Waals surface area (Å²) in [6, 6.07) is 15.3. The van der Waals surface area contributed by atoms with Gasteiger partial charge in [-0.05, 0) is 24.1 Å². The van der Waals surface area contributed by atoms with Crippen molar-refractivity contribution in [1.29, 1.82) is 0 Å². The summed E-state index contributed by atoms with van der Waals surface area (Å²) in [5.74, 6) is -2.21. The molecule has 0 saturated heterocycles. The smallest absolute Gasteiger partial charge is 0.196 e. The van der Waals surface area contributed by atoms with Crippen LogP contribution in [0.3, 0.4) is 0 Å². The number of aromatic hydroxyl groups is 1. The topological polar surface area (TPSA) is 60.7 Å². The molecule has 0 aliphatic carbocycles. The van der Waals surface area contributed by atoms with E-state index < -0.39 is 11.7 Å². The van der Waals surface area contributed by atoms with Gasteiger partial charge in [0, 0.05) is 11.5 Å². The van der Waals surface area contributed by atoms with Crippen LogP contribution >= 0.6 is 0 Å². The Hall–Kier alpha value is -1.84. The summed E-state index contributed by atoms with van der Waals surface area (Å²) in [4.78, 5) is 0. The minimum atomic E-state index is -1.92. The second kappa shape index (κ2) is 5.43. The lowest BCUT2D eigenvalue weighted by Crippen LogP contribution is -2.33. The molecular formula is C16H18O3. The molecule has 0 aromatic heterocycles. The summed E-state index contributed by atoms with van der Waals surface area (Å²) < 4.78 is 0. The van der Waals surface area contributed by atoms with E-state index in [4.69, 9.17) is 0 Å². The Balaban J connectivity index is 2.38. The minimum absolute atomic E-state index is 0.166. The van der Waals surface area contributed by atoms with E-state index in [1.165, 1.54) is 0 Å². The minimum Gasteiger partial charge on any atom is -0.508 e. The zero-order valence-corrected chi connectivity index (χ0v) is 10.8. The van der Waals surface area contributed by atoms with Gasteiger partial charge in [-0.3, -0.25) is 0 Å². The highest BCUT2D eigenvalue weighted by atomic mass is 16.5. The van der Waals surface area contributed by atoms with Crippen LogP contribution in [0.5, 0.6) is 5.75 Å². The van der Waals surface area contributed by atoms with E-state index in [0.717, 1.165) is 5.56 Å². The van der Waals surface area contributed by atoms with Gasteiger partial charge < -0.3 is 15.3 Å². The maximum absolute atomic E-state index is 10.5. The lowest BCUT2D eigenvalue weighted by Gasteiger charge is -2.31. The first-order valence-electron chi connectivity index (χ1n) is 6.35. The molecular weight excluding hydrogens is 240 g/mol. The molecule has 2 aromatic carbocycles. The largest absolute Gasteiger partial charge is 0.508 e. The van der Waals surface area contributed by atoms with Gasteiger partial charge in [0.05, 0.1) is 0 Å². The van der Waals surface area contributed by atoms with Crippen LogP contribution in [0.4, 0.5) is 0 Å². The lowest BCUT2D eigenvalue weighted by atomic mass is 9.84. The van der Waals surface area contributed by atoms with Gasteiger partial charge in [0.15, 0.2) is 5.79 Å². The van der Waals surface area contributed by atoms with Gasteiger partial charge in [-0.15, -0.1) is 0 Å². The van der Waals surface area contributed by atoms with Crippen LogP contribution in [0.25, 0.3) is 0 Å². The maximum Gasteiger partial charge on any atom is 0.196 e. The third kappa shape index (κ3) is 2.78. The van der Waals surface area contributed by atoms with Gasteiger partial charge in [-0.1, -0.05) is 49.4 Å². The van der Waals surface area contributed by atoms with E-state index in [1.54, 1.807) is 48.5 Å². The van der Waals surface area contributed by atoms with Crippen molar-refractivity contribution in [2.75, 3.05) is 0 Å². The van der Waals surface area contributed by atoms with Crippen molar-refractivity contribution in [1.82, 2.24) is 0 Å². The molecule has 0 bridgehead atoms. The summed E-state index contributed by atoms with van der Waals surface area (Å²) in [5.41, 5.74) is 1.25. The molecule has 2 aromatic rings. The predicted octanol–water partition coefficient (Wildman–Crippen LogP) is 2.72. The Morgan fingerprint density at radius 3 is 2.05 bits per heavy atom. The van der Waals surface area contributed by atoms with Crippen LogP contribution < -0.4 is 0 Å². The fourth-order valence-electron chi connectivity index (χ4n) is 2.34. The first-order chi connectivity index (χ1) is 9.05. The first-order valence-corrected chi connectivity index (χ1v) is 6.35. The fraction of sp³-hybridized carbons (Fsp3) is 0.250. The zero-order chi connectivity index (χ0) is 13.9. The summed E-state index contributed by atoms with van der Waals surface area (Å²) in [7, 11) is 0. The van der Waals surface area contributed by atoms with Crippen LogP contribution in [0.1, 0.15) is 30.4 Å². The van der Waals surface area contributed by atoms with Crippen molar-refractivity contribution in [3.05, 3.63) is 65.7 Å². The SMILES string of the molecule is CCC(c1ccc(O)cc1)C(O)(O)c1ccccc1. The number of hydrogen-bond donors (Lipinski definition) is 3. The molecule has 19 heavy (non-hydrogen) atoms. The molecule has 3 nitrogen and oxygen atoms in total. The van der Waals surface area contributed by atoms with Crippen LogP contribution in [0, 0.1) is 0 Å². The molecule has 0 heterocycles. The highest BCUT2D eigenvalue weighted by molar-refractivity contribution is 5.32. The second-order valence-corrected chi connectivity index (χ2v) is 4.64. The van der Waals surface area contributed by atoms with Crippen molar-refractivity contribution in [3.63, 3.8) is 0 Å². The molecule has 2 rings (SSSR count). The number of phenolic OH excluding ortho intramolecular Hbond substituents is 1. The Bertz CT molecular complexity index is 517. The normalized spacial score (nSPS) is 13.2. The Morgan fingerprint density at radius 1 is 0.947 bits per heavy atom. The Labute approximate surface area is 112 Å². The summed E-state index contributed by atoms with van der Waals surface area (Å²) in [5, 5.41) is 30.2. The number of rotatable bonds is 4. The molecule has 0 spiro atoms. The third-order valence-corrected chi connectivity index (χ3v) is 3.39. The Kier molecular flexibility index (Phi) is 3.88. The standard InChI is InChI=1S/C16H18O3/c1-2-15(12-8-10-14(17)11-9-12)16(18,19)13-6-4-3-5-7-13/h3-11,15,17-19H,2H2,1H3. The molecule has 0 saturated carbocycles. The Morgan fingerprint density at radius 2 is 1.53 bits per heavy atom. The molecule has 0 radical (unpaired) electrons. The van der Waals surface area contributed by atoms with Gasteiger partial charge in [-0.2, -0.15) is 0 Å². The van der Waals surface area contributed by atoms with E-state index in [0.29, 0.717) is 12.0 Å². The average molecular weight is 258 g/mol. The van der Waals surface area contributed by atoms with E-state index in [9.17, 15) is 15.3 Å². The number of hydrogen-bond acceptors (Lipinski definition) is 3. The van der Waals surface area contributed by atoms with Gasteiger partial charge >= 0.3 is 0 Å². The van der Waals surface area contributed by atoms with Crippen molar-refractivity contribution in [3.8, 4) is 5.75 Å². The van der Waals surface area contributed by atoms with E-state index in [-0.39, 0.29) is 5.75 Å². The zero-order valence-electron chi connectivity index (χ0n) is 10.8. The molecule has 0 amide bonds. The van der Waals surface area contributed by atoms with Crippen LogP contribution in [0.2, 0.25) is 0 Å². The molecule has 3 heteroatoms. The number of benzene rings is 2. The predicted molar refractivity (Wildman–Crippen MR) is 73.7 cm³/mol. The maximum atomic E-state index is 10.5. The van der Waals surface area contributed by atoms with Gasteiger partial charge in [0.25, 0.3) is 0 Å². The first kappa shape index (κ1) is 13.6. The summed E-state index contributed by atoms with van der Waals surface area (Å²) in [6.07, 6.45) is 0.576. The molecule has 100 valence electrons. The number of aliphatic hydroxyl groups is 2. The van der Waals surface area contributed by atoms with Crippen molar-refractivity contribution >= 4 is 0 Å². The van der Waals surface area contributed by atoms with Gasteiger partial charge in [-0.25, -0.2) is 0 Å². The highest BCUT2D eigenvalue weighted by Crippen LogP contribution is 2.37. The monoisotopic (exact) mass is 258 g/mol. The molecule has 0 aliphatic heterocycles. The van der Waals surface area contributed by atoms with Crippen molar-refractivity contribution in [2.24, 2.45) is 0 Å². The summed E-state index contributed by atoms with van der Waals surface area (Å²) in [6.45, 7) is 1.90.